The maximum Gasteiger partial charge on any atom is 0.146 e. The van der Waals surface area contributed by atoms with E-state index in [1.165, 1.54) is 12.8 Å². The number of Topliss-reactive ketones (excluding diaryl/α,β-unsaturated/α-hetero) is 1. The number of aryl methyl sites for hydroxylation is 2. The average Bonchev–Trinajstić information content (AvgIpc) is 2.69. The Morgan fingerprint density at radius 3 is 2.43 bits per heavy atom. The number of rotatable bonds is 5. The van der Waals surface area contributed by atoms with Crippen LogP contribution in [0.25, 0.3) is 0 Å². The van der Waals surface area contributed by atoms with Gasteiger partial charge in [-0.2, -0.15) is 5.10 Å². The summed E-state index contributed by atoms with van der Waals surface area (Å²) < 4.78 is 2.82. The van der Waals surface area contributed by atoms with Gasteiger partial charge in [0.2, 0.25) is 0 Å². The summed E-state index contributed by atoms with van der Waals surface area (Å²) in [6, 6.07) is 0. The summed E-state index contributed by atoms with van der Waals surface area (Å²) in [6.07, 6.45) is 7.88. The van der Waals surface area contributed by atoms with Crippen molar-refractivity contribution in [3.8, 4) is 0 Å². The quantitative estimate of drug-likeness (QED) is 0.825. The maximum absolute atomic E-state index is 12.9. The summed E-state index contributed by atoms with van der Waals surface area (Å²) in [7, 11) is 1.91. The minimum Gasteiger partial charge on any atom is -0.329 e. The van der Waals surface area contributed by atoms with Gasteiger partial charge in [-0.05, 0) is 35.2 Å². The minimum atomic E-state index is -0.313. The number of carbonyl (C=O) groups is 1. The lowest BCUT2D eigenvalue weighted by molar-refractivity contribution is -0.128. The predicted molar refractivity (Wildman–Crippen MR) is 88.2 cm³/mol. The van der Waals surface area contributed by atoms with Gasteiger partial charge in [-0.3, -0.25) is 9.48 Å². The molecule has 1 aliphatic carbocycles. The molecule has 118 valence electrons. The lowest BCUT2D eigenvalue weighted by Crippen LogP contribution is -2.39. The Morgan fingerprint density at radius 1 is 1.33 bits per heavy atom. The molecule has 1 aromatic heterocycles. The highest BCUT2D eigenvalue weighted by molar-refractivity contribution is 9.10. The van der Waals surface area contributed by atoms with Crippen LogP contribution in [0.1, 0.15) is 56.8 Å². The molecule has 0 saturated heterocycles. The molecule has 0 aliphatic heterocycles. The Hall–Kier alpha value is -0.680. The molecular formula is C16H26BrN3O. The maximum atomic E-state index is 12.9. The second-order valence-electron chi connectivity index (χ2n) is 6.18. The van der Waals surface area contributed by atoms with E-state index < -0.39 is 0 Å². The molecule has 0 radical (unpaired) electrons. The van der Waals surface area contributed by atoms with Crippen LogP contribution in [0.15, 0.2) is 4.47 Å². The molecule has 0 atom stereocenters. The van der Waals surface area contributed by atoms with Gasteiger partial charge in [0.05, 0.1) is 22.3 Å². The number of hydrogen-bond acceptors (Lipinski definition) is 3. The van der Waals surface area contributed by atoms with E-state index in [1.54, 1.807) is 0 Å². The Bertz CT molecular complexity index is 502. The fourth-order valence-corrected chi connectivity index (χ4v) is 4.11. The predicted octanol–water partition coefficient (Wildman–Crippen LogP) is 3.16. The first kappa shape index (κ1) is 16.7. The molecule has 2 rings (SSSR count). The van der Waals surface area contributed by atoms with Gasteiger partial charge >= 0.3 is 0 Å². The fourth-order valence-electron chi connectivity index (χ4n) is 3.35. The Balaban J connectivity index is 2.21. The molecule has 1 fully saturated rings. The zero-order chi connectivity index (χ0) is 15.5. The van der Waals surface area contributed by atoms with Crippen molar-refractivity contribution in [3.63, 3.8) is 0 Å². The number of halogens is 1. The third-order valence-corrected chi connectivity index (χ3v) is 5.79. The first-order chi connectivity index (χ1) is 10.0. The van der Waals surface area contributed by atoms with E-state index in [1.807, 2.05) is 11.7 Å². The molecule has 0 bridgehead atoms. The highest BCUT2D eigenvalue weighted by Gasteiger charge is 2.37. The number of carbonyl (C=O) groups excluding carboxylic acids is 1. The molecule has 0 aromatic carbocycles. The van der Waals surface area contributed by atoms with E-state index in [2.05, 4.69) is 28.0 Å². The van der Waals surface area contributed by atoms with Crippen molar-refractivity contribution >= 4 is 21.7 Å². The first-order valence-electron chi connectivity index (χ1n) is 7.97. The van der Waals surface area contributed by atoms with Crippen LogP contribution in [0.4, 0.5) is 0 Å². The smallest absolute Gasteiger partial charge is 0.146 e. The van der Waals surface area contributed by atoms with Crippen molar-refractivity contribution in [1.29, 1.82) is 0 Å². The summed E-state index contributed by atoms with van der Waals surface area (Å²) in [4.78, 5) is 12.9. The van der Waals surface area contributed by atoms with Crippen LogP contribution in [0.3, 0.4) is 0 Å². The van der Waals surface area contributed by atoms with Gasteiger partial charge in [0.15, 0.2) is 0 Å². The van der Waals surface area contributed by atoms with Gasteiger partial charge in [-0.15, -0.1) is 0 Å². The van der Waals surface area contributed by atoms with Gasteiger partial charge in [0.1, 0.15) is 5.78 Å². The fraction of sp³-hybridized carbons (Fsp3) is 0.750. The lowest BCUT2D eigenvalue weighted by Gasteiger charge is -2.29. The number of nitrogens with two attached hydrogens (primary N) is 1. The monoisotopic (exact) mass is 355 g/mol. The molecule has 21 heavy (non-hydrogen) atoms. The lowest BCUT2D eigenvalue weighted by atomic mass is 9.75. The van der Waals surface area contributed by atoms with Crippen LogP contribution in [-0.4, -0.2) is 22.1 Å². The van der Waals surface area contributed by atoms with Crippen molar-refractivity contribution in [1.82, 2.24) is 9.78 Å². The van der Waals surface area contributed by atoms with Crippen LogP contribution in [0.5, 0.6) is 0 Å². The van der Waals surface area contributed by atoms with Crippen molar-refractivity contribution in [3.05, 3.63) is 15.9 Å². The van der Waals surface area contributed by atoms with Crippen LogP contribution in [0.2, 0.25) is 0 Å². The van der Waals surface area contributed by atoms with E-state index in [4.69, 9.17) is 5.73 Å². The van der Waals surface area contributed by atoms with Gasteiger partial charge in [0.25, 0.3) is 0 Å². The van der Waals surface area contributed by atoms with Crippen LogP contribution >= 0.6 is 15.9 Å². The molecule has 2 N–H and O–H groups in total. The van der Waals surface area contributed by atoms with E-state index in [-0.39, 0.29) is 5.41 Å². The zero-order valence-electron chi connectivity index (χ0n) is 13.1. The number of nitrogens with zero attached hydrogens (tertiary/aromatic N) is 2. The largest absolute Gasteiger partial charge is 0.329 e. The molecule has 0 amide bonds. The van der Waals surface area contributed by atoms with Gasteiger partial charge in [-0.1, -0.05) is 32.6 Å². The van der Waals surface area contributed by atoms with Crippen LogP contribution in [0, 0.1) is 5.41 Å². The summed E-state index contributed by atoms with van der Waals surface area (Å²) in [5.74, 6) is 0.290. The summed E-state index contributed by atoms with van der Waals surface area (Å²) >= 11 is 3.60. The molecule has 1 aliphatic rings. The van der Waals surface area contributed by atoms with E-state index in [0.717, 1.165) is 48.0 Å². The topological polar surface area (TPSA) is 60.9 Å². The molecule has 5 heteroatoms. The summed E-state index contributed by atoms with van der Waals surface area (Å²) in [5, 5.41) is 4.48. The molecule has 4 nitrogen and oxygen atoms in total. The van der Waals surface area contributed by atoms with Gasteiger partial charge < -0.3 is 5.73 Å². The van der Waals surface area contributed by atoms with Gasteiger partial charge in [-0.25, -0.2) is 0 Å². The second kappa shape index (κ2) is 7.05. The second-order valence-corrected chi connectivity index (χ2v) is 6.98. The molecular weight excluding hydrogens is 330 g/mol. The standard InChI is InChI=1S/C16H26BrN3O/c1-3-12-15(17)13(20(2)19-12)10-14(21)16(11-18)8-6-4-5-7-9-16/h3-11,18H2,1-2H3. The molecule has 0 spiro atoms. The molecule has 1 saturated carbocycles. The summed E-state index contributed by atoms with van der Waals surface area (Å²) in [5.41, 5.74) is 7.70. The van der Waals surface area contributed by atoms with Crippen LogP contribution < -0.4 is 5.73 Å². The molecule has 1 heterocycles. The minimum absolute atomic E-state index is 0.290. The number of ketones is 1. The third-order valence-electron chi connectivity index (χ3n) is 4.87. The van der Waals surface area contributed by atoms with Crippen molar-refractivity contribution in [2.24, 2.45) is 18.2 Å². The Labute approximate surface area is 135 Å². The number of aromatic nitrogens is 2. The van der Waals surface area contributed by atoms with Crippen molar-refractivity contribution < 1.29 is 4.79 Å². The number of hydrogen-bond donors (Lipinski definition) is 1. The highest BCUT2D eigenvalue weighted by atomic mass is 79.9. The third kappa shape index (κ3) is 3.39. The SMILES string of the molecule is CCc1nn(C)c(CC(=O)C2(CN)CCCCCC2)c1Br. The van der Waals surface area contributed by atoms with E-state index in [9.17, 15) is 4.79 Å². The first-order valence-corrected chi connectivity index (χ1v) is 8.77. The molecule has 1 aromatic rings. The van der Waals surface area contributed by atoms with Crippen LogP contribution in [-0.2, 0) is 24.7 Å². The Kier molecular flexibility index (Phi) is 5.60. The highest BCUT2D eigenvalue weighted by Crippen LogP contribution is 2.36. The van der Waals surface area contributed by atoms with E-state index >= 15 is 0 Å². The average molecular weight is 356 g/mol. The zero-order valence-corrected chi connectivity index (χ0v) is 14.7. The summed E-state index contributed by atoms with van der Waals surface area (Å²) in [6.45, 7) is 2.55. The van der Waals surface area contributed by atoms with Gasteiger partial charge in [0, 0.05) is 19.0 Å². The Morgan fingerprint density at radius 2 is 1.95 bits per heavy atom. The van der Waals surface area contributed by atoms with Crippen molar-refractivity contribution in [2.75, 3.05) is 6.54 Å². The van der Waals surface area contributed by atoms with E-state index in [0.29, 0.717) is 18.7 Å². The van der Waals surface area contributed by atoms with Crippen molar-refractivity contribution in [2.45, 2.75) is 58.3 Å². The molecule has 0 unspecified atom stereocenters. The normalized spacial score (nSPS) is 18.5.